The summed E-state index contributed by atoms with van der Waals surface area (Å²) < 4.78 is 0.559. The molecule has 1 rings (SSSR count). The summed E-state index contributed by atoms with van der Waals surface area (Å²) in [5.74, 6) is 0.758. The molecule has 0 aromatic carbocycles. The van der Waals surface area contributed by atoms with Crippen LogP contribution in [0.5, 0.6) is 0 Å². The van der Waals surface area contributed by atoms with Crippen LogP contribution in [0.4, 0.5) is 5.82 Å². The van der Waals surface area contributed by atoms with Gasteiger partial charge < -0.3 is 4.98 Å². The van der Waals surface area contributed by atoms with Gasteiger partial charge in [-0.1, -0.05) is 0 Å². The molecule has 1 N–H and O–H groups in total. The number of hydrogen-bond acceptors (Lipinski definition) is 2. The summed E-state index contributed by atoms with van der Waals surface area (Å²) in [7, 11) is 5.88. The van der Waals surface area contributed by atoms with Gasteiger partial charge in [-0.2, -0.15) is 4.98 Å². The molecule has 0 amide bonds. The third kappa shape index (κ3) is 1.88. The molecular weight excluding hydrogens is 142 g/mol. The monoisotopic (exact) mass is 154 g/mol. The van der Waals surface area contributed by atoms with Gasteiger partial charge in [0, 0.05) is 0 Å². The molecule has 1 heterocycles. The van der Waals surface area contributed by atoms with Crippen molar-refractivity contribution in [3.63, 3.8) is 0 Å². The van der Waals surface area contributed by atoms with Crippen LogP contribution in [0.15, 0.2) is 17.2 Å². The molecule has 0 aliphatic rings. The highest BCUT2D eigenvalue weighted by atomic mass is 16.1. The normalized spacial score (nSPS) is 11.5. The number of nitrogens with one attached hydrogen (secondary N) is 1. The van der Waals surface area contributed by atoms with E-state index in [2.05, 4.69) is 9.97 Å². The predicted octanol–water partition coefficient (Wildman–Crippen LogP) is -0.0334. The maximum Gasteiger partial charge on any atom is 0.256 e. The van der Waals surface area contributed by atoms with Crippen LogP contribution in [-0.2, 0) is 0 Å². The number of rotatable bonds is 1. The Balaban J connectivity index is 3.16. The average Bonchev–Trinajstić information content (AvgIpc) is 1.86. The van der Waals surface area contributed by atoms with Gasteiger partial charge >= 0.3 is 0 Å². The van der Waals surface area contributed by atoms with Gasteiger partial charge in [0.15, 0.2) is 0 Å². The third-order valence-electron chi connectivity index (χ3n) is 1.35. The van der Waals surface area contributed by atoms with Crippen molar-refractivity contribution in [2.75, 3.05) is 21.1 Å². The van der Waals surface area contributed by atoms with E-state index < -0.39 is 0 Å². The van der Waals surface area contributed by atoms with E-state index in [0.717, 1.165) is 5.82 Å². The zero-order valence-corrected chi connectivity index (χ0v) is 6.96. The molecule has 0 atom stereocenters. The molecule has 0 saturated carbocycles. The lowest BCUT2D eigenvalue weighted by Gasteiger charge is -2.20. The van der Waals surface area contributed by atoms with Crippen molar-refractivity contribution in [2.24, 2.45) is 0 Å². The minimum absolute atomic E-state index is 0.108. The lowest BCUT2D eigenvalue weighted by atomic mass is 10.5. The van der Waals surface area contributed by atoms with Crippen molar-refractivity contribution >= 4 is 5.82 Å². The first-order valence-corrected chi connectivity index (χ1v) is 3.37. The van der Waals surface area contributed by atoms with Crippen LogP contribution in [0.25, 0.3) is 0 Å². The van der Waals surface area contributed by atoms with Gasteiger partial charge in [0.05, 0.1) is 27.2 Å². The second-order valence-electron chi connectivity index (χ2n) is 3.28. The molecule has 0 spiro atoms. The van der Waals surface area contributed by atoms with Crippen LogP contribution in [-0.4, -0.2) is 31.1 Å². The predicted molar refractivity (Wildman–Crippen MR) is 44.4 cm³/mol. The molecule has 1 aromatic rings. The summed E-state index contributed by atoms with van der Waals surface area (Å²) >= 11 is 0. The summed E-state index contributed by atoms with van der Waals surface area (Å²) in [4.78, 5) is 17.3. The molecule has 4 heteroatoms. The quantitative estimate of drug-likeness (QED) is 0.577. The van der Waals surface area contributed by atoms with E-state index in [9.17, 15) is 4.79 Å². The van der Waals surface area contributed by atoms with Crippen molar-refractivity contribution in [3.8, 4) is 0 Å². The van der Waals surface area contributed by atoms with Crippen molar-refractivity contribution in [1.82, 2.24) is 14.5 Å². The summed E-state index contributed by atoms with van der Waals surface area (Å²) in [6, 6.07) is 1.50. The fraction of sp³-hybridized carbons (Fsp3) is 0.429. The molecule has 0 aliphatic carbocycles. The second kappa shape index (κ2) is 2.47. The minimum atomic E-state index is -0.108. The second-order valence-corrected chi connectivity index (χ2v) is 3.28. The number of aromatic nitrogens is 2. The van der Waals surface area contributed by atoms with Gasteiger partial charge in [-0.3, -0.25) is 9.28 Å². The fourth-order valence-electron chi connectivity index (χ4n) is 0.725. The van der Waals surface area contributed by atoms with Gasteiger partial charge in [-0.15, -0.1) is 0 Å². The Labute approximate surface area is 65.1 Å². The van der Waals surface area contributed by atoms with Crippen molar-refractivity contribution in [3.05, 3.63) is 22.7 Å². The number of nitrogens with zero attached hydrogens (tertiary/aromatic N) is 2. The SMILES string of the molecule is C[N+](C)(C)c1cc(=O)[nH]cn1. The Morgan fingerprint density at radius 2 is 2.09 bits per heavy atom. The molecule has 4 nitrogen and oxygen atoms in total. The van der Waals surface area contributed by atoms with E-state index in [4.69, 9.17) is 0 Å². The zero-order valence-electron chi connectivity index (χ0n) is 6.96. The first-order chi connectivity index (χ1) is 5.00. The zero-order chi connectivity index (χ0) is 8.48. The van der Waals surface area contributed by atoms with Crippen molar-refractivity contribution < 1.29 is 0 Å². The van der Waals surface area contributed by atoms with E-state index in [0.29, 0.717) is 4.48 Å². The van der Waals surface area contributed by atoms with Gasteiger partial charge in [0.2, 0.25) is 5.82 Å². The smallest absolute Gasteiger partial charge is 0.256 e. The Bertz CT molecular complexity index is 297. The largest absolute Gasteiger partial charge is 0.313 e. The highest BCUT2D eigenvalue weighted by molar-refractivity contribution is 5.28. The first-order valence-electron chi connectivity index (χ1n) is 3.37. The van der Waals surface area contributed by atoms with E-state index in [1.807, 2.05) is 21.1 Å². The Morgan fingerprint density at radius 1 is 1.45 bits per heavy atom. The number of quaternary nitrogens is 1. The molecule has 0 bridgehead atoms. The standard InChI is InChI=1S/C7H11N3O/c1-10(2,3)6-4-7(11)9-5-8-6/h4-5H,1-3H3/p+1. The number of hydrogen-bond donors (Lipinski definition) is 1. The molecule has 1 aromatic heterocycles. The van der Waals surface area contributed by atoms with Crippen molar-refractivity contribution in [2.45, 2.75) is 0 Å². The molecule has 11 heavy (non-hydrogen) atoms. The highest BCUT2D eigenvalue weighted by Crippen LogP contribution is 2.06. The molecule has 0 radical (unpaired) electrons. The summed E-state index contributed by atoms with van der Waals surface area (Å²) in [5, 5.41) is 0. The van der Waals surface area contributed by atoms with Gasteiger partial charge in [0.25, 0.3) is 5.56 Å². The van der Waals surface area contributed by atoms with E-state index in [1.54, 1.807) is 0 Å². The van der Waals surface area contributed by atoms with E-state index in [1.165, 1.54) is 12.4 Å². The van der Waals surface area contributed by atoms with Gasteiger partial charge in [0.1, 0.15) is 6.33 Å². The minimum Gasteiger partial charge on any atom is -0.313 e. The van der Waals surface area contributed by atoms with Gasteiger partial charge in [-0.25, -0.2) is 0 Å². The Kier molecular flexibility index (Phi) is 1.78. The van der Waals surface area contributed by atoms with Crippen LogP contribution in [0.3, 0.4) is 0 Å². The Morgan fingerprint density at radius 3 is 2.45 bits per heavy atom. The molecule has 0 fully saturated rings. The summed E-state index contributed by atoms with van der Waals surface area (Å²) in [5.41, 5.74) is -0.108. The molecule has 0 unspecified atom stereocenters. The Hall–Kier alpha value is -1.16. The van der Waals surface area contributed by atoms with Crippen LogP contribution in [0.2, 0.25) is 0 Å². The first kappa shape index (κ1) is 7.94. The van der Waals surface area contributed by atoms with Crippen LogP contribution < -0.4 is 10.0 Å². The average molecular weight is 154 g/mol. The number of H-pyrrole nitrogens is 1. The molecular formula is C7H12N3O+. The van der Waals surface area contributed by atoms with Gasteiger partial charge in [-0.05, 0) is 0 Å². The third-order valence-corrected chi connectivity index (χ3v) is 1.35. The lowest BCUT2D eigenvalue weighted by Crippen LogP contribution is -2.36. The highest BCUT2D eigenvalue weighted by Gasteiger charge is 2.13. The van der Waals surface area contributed by atoms with E-state index in [-0.39, 0.29) is 5.56 Å². The van der Waals surface area contributed by atoms with Crippen LogP contribution >= 0.6 is 0 Å². The van der Waals surface area contributed by atoms with Crippen LogP contribution in [0, 0.1) is 0 Å². The van der Waals surface area contributed by atoms with E-state index >= 15 is 0 Å². The lowest BCUT2D eigenvalue weighted by molar-refractivity contribution is 0.471. The maximum absolute atomic E-state index is 10.8. The van der Waals surface area contributed by atoms with Crippen LogP contribution in [0.1, 0.15) is 0 Å². The summed E-state index contributed by atoms with van der Waals surface area (Å²) in [6.45, 7) is 0. The molecule has 60 valence electrons. The summed E-state index contributed by atoms with van der Waals surface area (Å²) in [6.07, 6.45) is 1.42. The fourth-order valence-corrected chi connectivity index (χ4v) is 0.725. The topological polar surface area (TPSA) is 45.8 Å². The molecule has 0 saturated heterocycles. The molecule has 0 aliphatic heterocycles. The number of aromatic amines is 1. The maximum atomic E-state index is 10.8. The van der Waals surface area contributed by atoms with Crippen molar-refractivity contribution in [1.29, 1.82) is 0 Å².